The Kier molecular flexibility index (Phi) is 5.07. The molecule has 0 radical (unpaired) electrons. The maximum Gasteiger partial charge on any atom is 0.274 e. The number of benzene rings is 1. The van der Waals surface area contributed by atoms with E-state index in [-0.39, 0.29) is 17.3 Å². The molecule has 1 aromatic carbocycles. The maximum atomic E-state index is 14.0. The average molecular weight is 393 g/mol. The highest BCUT2D eigenvalue weighted by atomic mass is 19.1. The van der Waals surface area contributed by atoms with Crippen LogP contribution in [-0.4, -0.2) is 44.6 Å². The molecule has 3 heterocycles. The predicted octanol–water partition coefficient (Wildman–Crippen LogP) is 3.20. The lowest BCUT2D eigenvalue weighted by atomic mass is 10.2. The Hall–Kier alpha value is -3.55. The second-order valence-corrected chi connectivity index (χ2v) is 6.87. The number of rotatable bonds is 4. The first-order valence-electron chi connectivity index (χ1n) is 9.42. The first-order valence-corrected chi connectivity index (χ1v) is 9.42. The number of nitrogens with one attached hydrogen (secondary N) is 1. The van der Waals surface area contributed by atoms with Gasteiger partial charge < -0.3 is 10.2 Å². The molecule has 0 saturated carbocycles. The van der Waals surface area contributed by atoms with Crippen LogP contribution < -0.4 is 5.32 Å². The molecular weight excluding hydrogens is 373 g/mol. The zero-order valence-electron chi connectivity index (χ0n) is 15.9. The van der Waals surface area contributed by atoms with Gasteiger partial charge in [-0.05, 0) is 44.0 Å². The lowest BCUT2D eigenvalue weighted by Gasteiger charge is -2.14. The Bertz CT molecular complexity index is 1070. The topological polar surface area (TPSA) is 80.1 Å². The van der Waals surface area contributed by atoms with Crippen LogP contribution in [0.4, 0.5) is 10.1 Å². The summed E-state index contributed by atoms with van der Waals surface area (Å²) in [5.74, 6) is -1.04. The van der Waals surface area contributed by atoms with Gasteiger partial charge in [-0.15, -0.1) is 0 Å². The third-order valence-electron chi connectivity index (χ3n) is 4.93. The van der Waals surface area contributed by atoms with Gasteiger partial charge in [0.2, 0.25) is 0 Å². The number of halogens is 1. The molecule has 3 aromatic rings. The van der Waals surface area contributed by atoms with E-state index in [0.717, 1.165) is 12.8 Å². The van der Waals surface area contributed by atoms with Crippen molar-refractivity contribution in [2.75, 3.05) is 18.4 Å². The summed E-state index contributed by atoms with van der Waals surface area (Å²) >= 11 is 0. The van der Waals surface area contributed by atoms with Gasteiger partial charge in [0.25, 0.3) is 11.8 Å². The fourth-order valence-electron chi connectivity index (χ4n) is 3.35. The highest BCUT2D eigenvalue weighted by Gasteiger charge is 2.22. The monoisotopic (exact) mass is 393 g/mol. The molecule has 8 heteroatoms. The number of aromatic nitrogens is 3. The summed E-state index contributed by atoms with van der Waals surface area (Å²) in [4.78, 5) is 31.1. The van der Waals surface area contributed by atoms with Crippen LogP contribution in [0.2, 0.25) is 0 Å². The van der Waals surface area contributed by atoms with E-state index >= 15 is 0 Å². The fraction of sp³-hybridized carbons (Fsp3) is 0.238. The number of hydrogen-bond acceptors (Lipinski definition) is 4. The maximum absolute atomic E-state index is 14.0. The Balaban J connectivity index is 1.54. The molecule has 148 valence electrons. The number of carbonyl (C=O) groups excluding carboxylic acids is 2. The van der Waals surface area contributed by atoms with Crippen molar-refractivity contribution in [3.63, 3.8) is 0 Å². The van der Waals surface area contributed by atoms with Crippen molar-refractivity contribution in [3.05, 3.63) is 71.6 Å². The molecule has 0 unspecified atom stereocenters. The molecule has 1 fully saturated rings. The van der Waals surface area contributed by atoms with E-state index in [9.17, 15) is 14.0 Å². The predicted molar refractivity (Wildman–Crippen MR) is 106 cm³/mol. The van der Waals surface area contributed by atoms with Crippen molar-refractivity contribution >= 4 is 17.5 Å². The molecule has 0 spiro atoms. The molecule has 1 N–H and O–H groups in total. The van der Waals surface area contributed by atoms with Gasteiger partial charge in [-0.2, -0.15) is 5.10 Å². The van der Waals surface area contributed by atoms with E-state index in [0.29, 0.717) is 30.2 Å². The molecule has 7 nitrogen and oxygen atoms in total. The third-order valence-corrected chi connectivity index (χ3v) is 4.93. The molecule has 0 aliphatic carbocycles. The number of likely N-dealkylation sites (tertiary alicyclic amines) is 1. The van der Waals surface area contributed by atoms with Crippen molar-refractivity contribution in [3.8, 4) is 5.69 Å². The van der Waals surface area contributed by atoms with Gasteiger partial charge in [-0.25, -0.2) is 14.1 Å². The number of para-hydroxylation sites is 1. The molecule has 1 aliphatic heterocycles. The first kappa shape index (κ1) is 18.8. The second kappa shape index (κ2) is 7.83. The first-order chi connectivity index (χ1) is 14.0. The van der Waals surface area contributed by atoms with E-state index in [2.05, 4.69) is 15.4 Å². The van der Waals surface area contributed by atoms with E-state index in [4.69, 9.17) is 0 Å². The number of amides is 2. The van der Waals surface area contributed by atoms with Gasteiger partial charge in [0.1, 0.15) is 22.9 Å². The lowest BCUT2D eigenvalue weighted by molar-refractivity contribution is 0.0787. The van der Waals surface area contributed by atoms with Crippen molar-refractivity contribution < 1.29 is 14.0 Å². The van der Waals surface area contributed by atoms with E-state index in [1.165, 1.54) is 16.9 Å². The van der Waals surface area contributed by atoms with Crippen LogP contribution in [0.25, 0.3) is 5.69 Å². The van der Waals surface area contributed by atoms with Gasteiger partial charge in [-0.3, -0.25) is 9.59 Å². The van der Waals surface area contributed by atoms with E-state index in [1.54, 1.807) is 48.2 Å². The van der Waals surface area contributed by atoms with Crippen molar-refractivity contribution in [1.82, 2.24) is 19.7 Å². The van der Waals surface area contributed by atoms with Crippen LogP contribution in [0.15, 0.2) is 48.7 Å². The SMILES string of the molecule is Cc1c(NC(=O)c2cccc(C(=O)N3CCCC3)n2)cnn1-c1ccccc1F. The summed E-state index contributed by atoms with van der Waals surface area (Å²) in [5.41, 5.74) is 1.69. The van der Waals surface area contributed by atoms with Crippen LogP contribution >= 0.6 is 0 Å². The minimum Gasteiger partial charge on any atom is -0.337 e. The summed E-state index contributed by atoms with van der Waals surface area (Å²) < 4.78 is 15.5. The van der Waals surface area contributed by atoms with E-state index in [1.807, 2.05) is 0 Å². The molecule has 1 aliphatic rings. The molecule has 2 aromatic heterocycles. The largest absolute Gasteiger partial charge is 0.337 e. The van der Waals surface area contributed by atoms with Crippen molar-refractivity contribution in [2.24, 2.45) is 0 Å². The molecule has 29 heavy (non-hydrogen) atoms. The Labute approximate surface area is 167 Å². The van der Waals surface area contributed by atoms with Gasteiger partial charge in [0.15, 0.2) is 0 Å². The van der Waals surface area contributed by atoms with E-state index < -0.39 is 11.7 Å². The average Bonchev–Trinajstić information content (AvgIpc) is 3.39. The highest BCUT2D eigenvalue weighted by Crippen LogP contribution is 2.21. The minimum absolute atomic E-state index is 0.132. The number of anilines is 1. The molecule has 4 rings (SSSR count). The zero-order valence-corrected chi connectivity index (χ0v) is 15.9. The fourth-order valence-corrected chi connectivity index (χ4v) is 3.35. The summed E-state index contributed by atoms with van der Waals surface area (Å²) in [6.07, 6.45) is 3.42. The summed E-state index contributed by atoms with van der Waals surface area (Å²) in [6, 6.07) is 11.1. The lowest BCUT2D eigenvalue weighted by Crippen LogP contribution is -2.29. The molecule has 0 bridgehead atoms. The van der Waals surface area contributed by atoms with Crippen LogP contribution in [0.5, 0.6) is 0 Å². The van der Waals surface area contributed by atoms with Crippen LogP contribution in [-0.2, 0) is 0 Å². The van der Waals surface area contributed by atoms with Crippen LogP contribution in [0.3, 0.4) is 0 Å². The van der Waals surface area contributed by atoms with Crippen LogP contribution in [0.1, 0.15) is 39.5 Å². The zero-order chi connectivity index (χ0) is 20.4. The number of hydrogen-bond donors (Lipinski definition) is 1. The molecule has 1 saturated heterocycles. The minimum atomic E-state index is -0.461. The molecule has 0 atom stereocenters. The third kappa shape index (κ3) is 3.73. The Morgan fingerprint density at radius 1 is 1.03 bits per heavy atom. The van der Waals surface area contributed by atoms with Crippen molar-refractivity contribution in [1.29, 1.82) is 0 Å². The summed E-state index contributed by atoms with van der Waals surface area (Å²) in [5, 5.41) is 6.91. The Morgan fingerprint density at radius 2 is 1.76 bits per heavy atom. The van der Waals surface area contributed by atoms with Crippen LogP contribution in [0, 0.1) is 12.7 Å². The quantitative estimate of drug-likeness (QED) is 0.738. The second-order valence-electron chi connectivity index (χ2n) is 6.87. The normalized spacial score (nSPS) is 13.5. The van der Waals surface area contributed by atoms with Gasteiger partial charge in [0, 0.05) is 13.1 Å². The van der Waals surface area contributed by atoms with Gasteiger partial charge in [-0.1, -0.05) is 18.2 Å². The Morgan fingerprint density at radius 3 is 2.52 bits per heavy atom. The highest BCUT2D eigenvalue weighted by molar-refractivity contribution is 6.04. The van der Waals surface area contributed by atoms with Gasteiger partial charge in [0.05, 0.1) is 17.6 Å². The van der Waals surface area contributed by atoms with Gasteiger partial charge >= 0.3 is 0 Å². The van der Waals surface area contributed by atoms with Crippen molar-refractivity contribution in [2.45, 2.75) is 19.8 Å². The number of carbonyl (C=O) groups is 2. The number of pyridine rings is 1. The standard InChI is InChI=1S/C21H20FN5O2/c1-14-18(13-23-27(14)19-10-3-2-7-15(19)22)25-20(28)16-8-6-9-17(24-16)21(29)26-11-4-5-12-26/h2-3,6-10,13H,4-5,11-12H2,1H3,(H,25,28). The number of nitrogens with zero attached hydrogens (tertiary/aromatic N) is 4. The summed E-state index contributed by atoms with van der Waals surface area (Å²) in [6.45, 7) is 3.16. The smallest absolute Gasteiger partial charge is 0.274 e. The molecule has 2 amide bonds. The summed E-state index contributed by atoms with van der Waals surface area (Å²) in [7, 11) is 0. The molecular formula is C21H20FN5O2.